The molecule has 1 aliphatic heterocycles. The van der Waals surface area contributed by atoms with Crippen LogP contribution in [0.25, 0.3) is 12.2 Å². The van der Waals surface area contributed by atoms with Gasteiger partial charge in [0.2, 0.25) is 6.29 Å². The zero-order valence-corrected chi connectivity index (χ0v) is 24.2. The monoisotopic (exact) mass is 624 g/mol. The Hall–Kier alpha value is -5.24. The van der Waals surface area contributed by atoms with Gasteiger partial charge in [0.25, 0.3) is 0 Å². The lowest BCUT2D eigenvalue weighted by Crippen LogP contribution is -2.61. The van der Waals surface area contributed by atoms with Crippen LogP contribution in [0, 0.1) is 0 Å². The summed E-state index contributed by atoms with van der Waals surface area (Å²) in [7, 11) is 2.89. The number of aliphatic hydroxyl groups excluding tert-OH is 2. The predicted octanol–water partition coefficient (Wildman–Crippen LogP) is 2.53. The van der Waals surface area contributed by atoms with Crippen molar-refractivity contribution in [3.8, 4) is 34.5 Å². The Morgan fingerprint density at radius 1 is 0.756 bits per heavy atom. The summed E-state index contributed by atoms with van der Waals surface area (Å²) in [6.45, 7) is -0.531. The molecule has 1 fully saturated rings. The summed E-state index contributed by atoms with van der Waals surface area (Å²) in [4.78, 5) is 25.1. The SMILES string of the molecule is COc1ccc(O)c(C=CC(=O)OC[C@H]2O[C@@H](Oc3ccc(O)cc3)[C@H](OC(=O)C=Cc3cc(OC)ccc3O)[C@@H](O)[C@@H]2O)c1. The van der Waals surface area contributed by atoms with Gasteiger partial charge in [-0.3, -0.25) is 0 Å². The van der Waals surface area contributed by atoms with Crippen molar-refractivity contribution in [3.63, 3.8) is 0 Å². The minimum Gasteiger partial charge on any atom is -0.508 e. The van der Waals surface area contributed by atoms with Crippen LogP contribution in [0.3, 0.4) is 0 Å². The van der Waals surface area contributed by atoms with Gasteiger partial charge in [-0.2, -0.15) is 0 Å². The van der Waals surface area contributed by atoms with Gasteiger partial charge in [-0.15, -0.1) is 0 Å². The third kappa shape index (κ3) is 8.66. The Morgan fingerprint density at radius 3 is 1.84 bits per heavy atom. The van der Waals surface area contributed by atoms with Crippen LogP contribution < -0.4 is 14.2 Å². The highest BCUT2D eigenvalue weighted by atomic mass is 16.7. The quantitative estimate of drug-likeness (QED) is 0.155. The minimum atomic E-state index is -1.75. The van der Waals surface area contributed by atoms with Crippen LogP contribution in [0.15, 0.2) is 72.8 Å². The number of hydrogen-bond donors (Lipinski definition) is 5. The lowest BCUT2D eigenvalue weighted by Gasteiger charge is -2.41. The van der Waals surface area contributed by atoms with E-state index < -0.39 is 49.3 Å². The van der Waals surface area contributed by atoms with Gasteiger partial charge in [0.05, 0.1) is 14.2 Å². The summed E-state index contributed by atoms with van der Waals surface area (Å²) in [6.07, 6.45) is -3.21. The first-order valence-corrected chi connectivity index (χ1v) is 13.5. The first-order chi connectivity index (χ1) is 21.6. The number of carbonyl (C=O) groups excluding carboxylic acids is 2. The second-order valence-corrected chi connectivity index (χ2v) is 9.68. The number of carbonyl (C=O) groups is 2. The molecular weight excluding hydrogens is 592 g/mol. The van der Waals surface area contributed by atoms with Crippen molar-refractivity contribution < 1.29 is 63.5 Å². The Kier molecular flexibility index (Phi) is 10.9. The van der Waals surface area contributed by atoms with Crippen molar-refractivity contribution in [3.05, 3.63) is 83.9 Å². The molecule has 0 unspecified atom stereocenters. The smallest absolute Gasteiger partial charge is 0.331 e. The van der Waals surface area contributed by atoms with Crippen molar-refractivity contribution in [2.45, 2.75) is 30.7 Å². The molecule has 5 N–H and O–H groups in total. The number of esters is 2. The maximum Gasteiger partial charge on any atom is 0.331 e. The molecular formula is C32H32O13. The van der Waals surface area contributed by atoms with Gasteiger partial charge in [-0.25, -0.2) is 9.59 Å². The second-order valence-electron chi connectivity index (χ2n) is 9.68. The average Bonchev–Trinajstić information content (AvgIpc) is 3.04. The number of aromatic hydroxyl groups is 3. The van der Waals surface area contributed by atoms with Crippen LogP contribution in [-0.2, 0) is 23.8 Å². The van der Waals surface area contributed by atoms with E-state index in [1.807, 2.05) is 0 Å². The molecule has 45 heavy (non-hydrogen) atoms. The Bertz CT molecular complexity index is 1530. The van der Waals surface area contributed by atoms with Crippen LogP contribution in [0.5, 0.6) is 34.5 Å². The highest BCUT2D eigenvalue weighted by Crippen LogP contribution is 2.29. The fraction of sp³-hybridized carbons (Fsp3) is 0.250. The first-order valence-electron chi connectivity index (χ1n) is 13.5. The lowest BCUT2D eigenvalue weighted by atomic mass is 9.99. The molecule has 0 aromatic heterocycles. The summed E-state index contributed by atoms with van der Waals surface area (Å²) in [5.74, 6) is -1.03. The molecule has 13 heteroatoms. The van der Waals surface area contributed by atoms with E-state index in [2.05, 4.69) is 0 Å². The molecule has 0 spiro atoms. The molecule has 0 bridgehead atoms. The van der Waals surface area contributed by atoms with E-state index in [1.54, 1.807) is 6.07 Å². The fourth-order valence-corrected chi connectivity index (χ4v) is 4.21. The summed E-state index contributed by atoms with van der Waals surface area (Å²) in [6, 6.07) is 14.3. The molecule has 1 heterocycles. The molecule has 13 nitrogen and oxygen atoms in total. The van der Waals surface area contributed by atoms with Gasteiger partial charge in [-0.1, -0.05) is 0 Å². The molecule has 238 valence electrons. The molecule has 1 saturated heterocycles. The van der Waals surface area contributed by atoms with E-state index in [0.717, 1.165) is 12.2 Å². The lowest BCUT2D eigenvalue weighted by molar-refractivity contribution is -0.281. The molecule has 0 saturated carbocycles. The van der Waals surface area contributed by atoms with Gasteiger partial charge in [0.15, 0.2) is 6.10 Å². The van der Waals surface area contributed by atoms with Gasteiger partial charge in [-0.05, 0) is 72.8 Å². The maximum absolute atomic E-state index is 12.7. The van der Waals surface area contributed by atoms with Crippen molar-refractivity contribution in [1.82, 2.24) is 0 Å². The van der Waals surface area contributed by atoms with Crippen LogP contribution in [0.1, 0.15) is 11.1 Å². The number of phenolic OH excluding ortho intramolecular Hbond substituents is 3. The topological polar surface area (TPSA) is 191 Å². The van der Waals surface area contributed by atoms with E-state index in [0.29, 0.717) is 17.1 Å². The largest absolute Gasteiger partial charge is 0.508 e. The zero-order valence-electron chi connectivity index (χ0n) is 24.2. The summed E-state index contributed by atoms with van der Waals surface area (Å²) in [5.41, 5.74) is 0.541. The van der Waals surface area contributed by atoms with Gasteiger partial charge in [0.1, 0.15) is 59.4 Å². The van der Waals surface area contributed by atoms with Gasteiger partial charge < -0.3 is 54.0 Å². The second kappa shape index (κ2) is 15.0. The molecule has 4 rings (SSSR count). The number of ether oxygens (including phenoxy) is 6. The first kappa shape index (κ1) is 32.7. The number of phenols is 3. The van der Waals surface area contributed by atoms with E-state index in [1.165, 1.54) is 81.0 Å². The zero-order chi connectivity index (χ0) is 32.5. The third-order valence-corrected chi connectivity index (χ3v) is 6.64. The van der Waals surface area contributed by atoms with E-state index >= 15 is 0 Å². The molecule has 0 aliphatic carbocycles. The van der Waals surface area contributed by atoms with Crippen LogP contribution in [0.4, 0.5) is 0 Å². The predicted molar refractivity (Wildman–Crippen MR) is 158 cm³/mol. The number of hydrogen-bond acceptors (Lipinski definition) is 13. The fourth-order valence-electron chi connectivity index (χ4n) is 4.21. The normalized spacial score (nSPS) is 21.4. The third-order valence-electron chi connectivity index (χ3n) is 6.64. The molecule has 3 aromatic carbocycles. The number of benzene rings is 3. The number of aliphatic hydroxyl groups is 2. The summed E-state index contributed by atoms with van der Waals surface area (Å²) in [5, 5.41) is 51.4. The molecule has 0 amide bonds. The maximum atomic E-state index is 12.7. The molecule has 1 aliphatic rings. The number of methoxy groups -OCH3 is 2. The van der Waals surface area contributed by atoms with Gasteiger partial charge in [0, 0.05) is 23.3 Å². The Labute approximate surface area is 257 Å². The van der Waals surface area contributed by atoms with Crippen molar-refractivity contribution >= 4 is 24.1 Å². The molecule has 0 radical (unpaired) electrons. The van der Waals surface area contributed by atoms with Crippen molar-refractivity contribution in [1.29, 1.82) is 0 Å². The summed E-state index contributed by atoms with van der Waals surface area (Å²) < 4.78 is 32.4. The Morgan fingerprint density at radius 2 is 1.29 bits per heavy atom. The highest BCUT2D eigenvalue weighted by molar-refractivity contribution is 5.88. The van der Waals surface area contributed by atoms with Crippen molar-refractivity contribution in [2.24, 2.45) is 0 Å². The van der Waals surface area contributed by atoms with Gasteiger partial charge >= 0.3 is 11.9 Å². The summed E-state index contributed by atoms with van der Waals surface area (Å²) >= 11 is 0. The van der Waals surface area contributed by atoms with E-state index in [-0.39, 0.29) is 28.6 Å². The molecule has 5 atom stereocenters. The van der Waals surface area contributed by atoms with Crippen LogP contribution >= 0.6 is 0 Å². The van der Waals surface area contributed by atoms with Crippen LogP contribution in [0.2, 0.25) is 0 Å². The molecule has 3 aromatic rings. The number of rotatable bonds is 11. The minimum absolute atomic E-state index is 0.0450. The van der Waals surface area contributed by atoms with Crippen molar-refractivity contribution in [2.75, 3.05) is 20.8 Å². The highest BCUT2D eigenvalue weighted by Gasteiger charge is 2.48. The van der Waals surface area contributed by atoms with E-state index in [4.69, 9.17) is 28.4 Å². The Balaban J connectivity index is 1.46. The van der Waals surface area contributed by atoms with Crippen LogP contribution in [-0.4, -0.2) is 89.0 Å². The average molecular weight is 625 g/mol. The van der Waals surface area contributed by atoms with E-state index in [9.17, 15) is 35.1 Å². The standard InChI is InChI=1S/C32H32O13/c1-40-22-9-11-24(34)18(15-22)3-13-27(36)42-17-26-29(38)30(39)31(32(44-26)43-21-7-5-20(33)6-8-21)45-28(37)14-4-19-16-23(41-2)10-12-25(19)35/h3-16,26,29-35,38-39H,17H2,1-2H3/t26-,29-,30+,31-,32-/m1/s1.